The first-order valence-corrected chi connectivity index (χ1v) is 34.6. The van der Waals surface area contributed by atoms with Crippen molar-refractivity contribution in [1.29, 1.82) is 0 Å². The fourth-order valence-corrected chi connectivity index (χ4v) is 16.0. The molecule has 0 saturated carbocycles. The Labute approximate surface area is 586 Å². The summed E-state index contributed by atoms with van der Waals surface area (Å²) < 4.78 is 18.0. The number of thiophene rings is 2. The number of furan rings is 2. The van der Waals surface area contributed by atoms with Crippen molar-refractivity contribution in [2.24, 2.45) is 0 Å². The lowest BCUT2D eigenvalue weighted by molar-refractivity contribution is 0.426. The number of benzene rings is 13. The maximum absolute atomic E-state index is 8.58. The first-order chi connectivity index (χ1) is 48.7. The number of nitrogens with zero attached hydrogens (tertiary/aromatic N) is 4. The van der Waals surface area contributed by atoms with Gasteiger partial charge in [-0.2, -0.15) is 0 Å². The van der Waals surface area contributed by atoms with Crippen LogP contribution in [-0.2, 0) is 0 Å². The van der Waals surface area contributed by atoms with E-state index in [1.165, 1.54) is 62.6 Å². The lowest BCUT2D eigenvalue weighted by Crippen LogP contribution is -2.29. The van der Waals surface area contributed by atoms with E-state index in [2.05, 4.69) is 228 Å². The van der Waals surface area contributed by atoms with Gasteiger partial charge in [0.1, 0.15) is 33.6 Å². The monoisotopic (exact) mass is 1350 g/mol. The largest absolute Gasteiger partial charge is 0.488 e. The van der Waals surface area contributed by atoms with Crippen LogP contribution in [0.5, 0.6) is 0 Å². The van der Waals surface area contributed by atoms with Crippen molar-refractivity contribution >= 4 is 143 Å². The third-order valence-electron chi connectivity index (χ3n) is 17.9. The summed E-state index contributed by atoms with van der Waals surface area (Å²) in [7, 11) is -1.34. The molecular formula is C86H53BCl2N4O4S2. The minimum atomic E-state index is -1.34. The lowest BCUT2D eigenvalue weighted by Gasteiger charge is -2.10. The number of aromatic nitrogens is 4. The van der Waals surface area contributed by atoms with Crippen molar-refractivity contribution in [1.82, 2.24) is 19.9 Å². The van der Waals surface area contributed by atoms with Crippen molar-refractivity contribution in [3.8, 4) is 89.5 Å². The van der Waals surface area contributed by atoms with Crippen LogP contribution in [-0.4, -0.2) is 37.1 Å². The van der Waals surface area contributed by atoms with Gasteiger partial charge in [0.2, 0.25) is 5.28 Å². The molecular weight excluding hydrogens is 1300 g/mol. The van der Waals surface area contributed by atoms with E-state index in [4.69, 9.17) is 52.1 Å². The van der Waals surface area contributed by atoms with Gasteiger partial charge < -0.3 is 18.9 Å². The molecule has 0 aliphatic heterocycles. The fourth-order valence-electron chi connectivity index (χ4n) is 13.1. The van der Waals surface area contributed by atoms with E-state index in [-0.39, 0.29) is 5.28 Å². The van der Waals surface area contributed by atoms with Gasteiger partial charge in [0.05, 0.1) is 0 Å². The molecule has 0 unspecified atom stereocenters. The highest BCUT2D eigenvalue weighted by Crippen LogP contribution is 2.45. The lowest BCUT2D eigenvalue weighted by atomic mass is 9.81. The average Bonchev–Trinajstić information content (AvgIpc) is 1.81. The molecule has 0 bridgehead atoms. The van der Waals surface area contributed by atoms with Gasteiger partial charge in [-0.25, -0.2) is 19.9 Å². The third-order valence-corrected chi connectivity index (χ3v) is 20.7. The first-order valence-electron chi connectivity index (χ1n) is 32.2. The van der Waals surface area contributed by atoms with Crippen molar-refractivity contribution in [2.45, 2.75) is 0 Å². The second-order valence-corrected chi connectivity index (χ2v) is 26.9. The highest BCUT2D eigenvalue weighted by Gasteiger charge is 2.22. The van der Waals surface area contributed by atoms with Gasteiger partial charge >= 0.3 is 7.12 Å². The molecule has 0 atom stereocenters. The zero-order chi connectivity index (χ0) is 66.5. The molecule has 2 N–H and O–H groups in total. The van der Waals surface area contributed by atoms with Gasteiger partial charge in [0.25, 0.3) is 0 Å². The zero-order valence-corrected chi connectivity index (χ0v) is 55.7. The molecule has 0 aliphatic carbocycles. The molecule has 6 heterocycles. The van der Waals surface area contributed by atoms with Gasteiger partial charge in [-0.3, -0.25) is 0 Å². The van der Waals surface area contributed by atoms with E-state index in [0.717, 1.165) is 77.6 Å². The van der Waals surface area contributed by atoms with Gasteiger partial charge in [-0.15, -0.1) is 22.7 Å². The number of halogens is 2. The van der Waals surface area contributed by atoms with E-state index in [1.807, 2.05) is 83.3 Å². The molecule has 13 aromatic carbocycles. The molecule has 0 aliphatic rings. The smallest absolute Gasteiger partial charge is 0.452 e. The van der Waals surface area contributed by atoms with Crippen LogP contribution in [0.2, 0.25) is 10.3 Å². The molecule has 13 heteroatoms. The molecule has 0 fully saturated rings. The Bertz CT molecular complexity index is 6280. The van der Waals surface area contributed by atoms with E-state index in [1.54, 1.807) is 30.3 Å². The SMILES string of the molecule is Clc1ccc2oc3c(-c4cccc(-c5cccc(-c6cccc7c6sc6ccccc67)c5)c4)nc(Cl)nc3c2c1.OB(O)c1ccccc1.c1ccc(-c2ccc3oc4c(-c5cccc(-c6cccc(-c7cccc8c7sc7ccccc78)c6)c5)nc(-c5ccccc5)nc4c3c2)cc1. The molecule has 0 radical (unpaired) electrons. The Morgan fingerprint density at radius 2 is 0.707 bits per heavy atom. The van der Waals surface area contributed by atoms with Crippen LogP contribution in [0.25, 0.3) is 174 Å². The normalized spacial score (nSPS) is 11.4. The number of fused-ring (bicyclic) bond motifs is 12. The maximum atomic E-state index is 8.58. The highest BCUT2D eigenvalue weighted by molar-refractivity contribution is 7.26. The number of hydrogen-bond donors (Lipinski definition) is 2. The molecule has 0 saturated heterocycles. The number of rotatable bonds is 9. The van der Waals surface area contributed by atoms with Crippen molar-refractivity contribution in [3.05, 3.63) is 320 Å². The summed E-state index contributed by atoms with van der Waals surface area (Å²) in [5.74, 6) is 0.671. The quantitative estimate of drug-likeness (QED) is 0.108. The average molecular weight is 1350 g/mol. The van der Waals surface area contributed by atoms with Crippen LogP contribution in [0.1, 0.15) is 0 Å². The van der Waals surface area contributed by atoms with Gasteiger partial charge in [0, 0.05) is 72.8 Å². The predicted octanol–water partition coefficient (Wildman–Crippen LogP) is 23.5. The summed E-state index contributed by atoms with van der Waals surface area (Å²) >= 11 is 16.4. The van der Waals surface area contributed by atoms with E-state index in [9.17, 15) is 0 Å². The van der Waals surface area contributed by atoms with Crippen LogP contribution >= 0.6 is 45.9 Å². The molecule has 99 heavy (non-hydrogen) atoms. The summed E-state index contributed by atoms with van der Waals surface area (Å²) in [5, 5.41) is 24.9. The molecule has 470 valence electrons. The van der Waals surface area contributed by atoms with Gasteiger partial charge in [-0.1, -0.05) is 254 Å². The third kappa shape index (κ3) is 11.9. The summed E-state index contributed by atoms with van der Waals surface area (Å²) in [5.41, 5.74) is 20.6. The van der Waals surface area contributed by atoms with E-state index < -0.39 is 7.12 Å². The van der Waals surface area contributed by atoms with Crippen molar-refractivity contribution < 1.29 is 18.9 Å². The highest BCUT2D eigenvalue weighted by atomic mass is 35.5. The fraction of sp³-hybridized carbons (Fsp3) is 0. The molecule has 6 aromatic heterocycles. The topological polar surface area (TPSA) is 118 Å². The summed E-state index contributed by atoms with van der Waals surface area (Å²) in [6.45, 7) is 0. The molecule has 8 nitrogen and oxygen atoms in total. The zero-order valence-electron chi connectivity index (χ0n) is 52.6. The van der Waals surface area contributed by atoms with Crippen molar-refractivity contribution in [3.63, 3.8) is 0 Å². The predicted molar refractivity (Wildman–Crippen MR) is 414 cm³/mol. The summed E-state index contributed by atoms with van der Waals surface area (Å²) in [6.07, 6.45) is 0. The number of hydrogen-bond acceptors (Lipinski definition) is 10. The molecule has 0 amide bonds. The van der Waals surface area contributed by atoms with Crippen LogP contribution < -0.4 is 5.46 Å². The molecule has 19 rings (SSSR count). The van der Waals surface area contributed by atoms with Gasteiger partial charge in [0.15, 0.2) is 17.0 Å². The Balaban J connectivity index is 0.000000134. The molecule has 19 aromatic rings. The minimum Gasteiger partial charge on any atom is -0.452 e. The van der Waals surface area contributed by atoms with E-state index >= 15 is 0 Å². The minimum absolute atomic E-state index is 0.161. The van der Waals surface area contributed by atoms with Gasteiger partial charge in [-0.05, 0) is 139 Å². The second-order valence-electron chi connectivity index (χ2n) is 24.0. The van der Waals surface area contributed by atoms with Crippen molar-refractivity contribution in [2.75, 3.05) is 0 Å². The van der Waals surface area contributed by atoms with Crippen LogP contribution in [0.3, 0.4) is 0 Å². The Hall–Kier alpha value is -11.4. The Kier molecular flexibility index (Phi) is 16.2. The van der Waals surface area contributed by atoms with Crippen LogP contribution in [0.15, 0.2) is 318 Å². The second kappa shape index (κ2) is 26.2. The van der Waals surface area contributed by atoms with Crippen LogP contribution in [0, 0.1) is 0 Å². The van der Waals surface area contributed by atoms with E-state index in [0.29, 0.717) is 44.3 Å². The maximum Gasteiger partial charge on any atom is 0.488 e. The summed E-state index contributed by atoms with van der Waals surface area (Å²) in [6, 6.07) is 106. The van der Waals surface area contributed by atoms with Crippen LogP contribution in [0.4, 0.5) is 0 Å². The Morgan fingerprint density at radius 3 is 1.24 bits per heavy atom. The molecule has 0 spiro atoms. The first kappa shape index (κ1) is 61.2. The Morgan fingerprint density at radius 1 is 0.303 bits per heavy atom. The standard InChI is InChI=1S/C46H28N2OS.C34H18Cl2N2OS.C6H7BO2/c1-3-12-29(13-4-1)33-24-25-40-39(28-33)43-44(49-40)42(47-46(48-43)30-14-5-2-6-15-30)35-19-10-17-32(27-35)31-16-9-18-34(26-31)36-21-11-22-38-37-20-7-8-23-41(37)50-45(36)38;35-23-14-15-28-27(18-23)31-32(39-28)30(37-34(36)38-31)22-9-4-7-20(17-22)19-6-3-8-21(16-19)24-11-5-12-26-25-10-1-2-13-29(25)40-33(24)26;8-7(9)6-4-2-1-3-5-6/h1-28H;1-18H;1-5,8-9H. The summed E-state index contributed by atoms with van der Waals surface area (Å²) in [4.78, 5) is 19.3.